The number of imidazole rings is 1. The first kappa shape index (κ1) is 20.1. The zero-order valence-electron chi connectivity index (χ0n) is 16.3. The Morgan fingerprint density at radius 3 is 2.64 bits per heavy atom. The van der Waals surface area contributed by atoms with Crippen molar-refractivity contribution in [2.45, 2.75) is 33.7 Å². The fourth-order valence-electron chi connectivity index (χ4n) is 2.78. The van der Waals surface area contributed by atoms with Crippen molar-refractivity contribution in [3.05, 3.63) is 47.0 Å². The molecule has 0 spiro atoms. The van der Waals surface area contributed by atoms with Gasteiger partial charge in [-0.15, -0.1) is 0 Å². The molecule has 0 fully saturated rings. The van der Waals surface area contributed by atoms with Crippen molar-refractivity contribution in [2.75, 3.05) is 11.9 Å². The molecule has 0 aliphatic rings. The molecule has 2 aromatic heterocycles. The molecule has 0 radical (unpaired) electrons. The van der Waals surface area contributed by atoms with E-state index in [9.17, 15) is 9.18 Å². The van der Waals surface area contributed by atoms with Crippen molar-refractivity contribution < 1.29 is 9.18 Å². The average molecular weight is 404 g/mol. The number of hydrogen-bond acceptors (Lipinski definition) is 4. The smallest absolute Gasteiger partial charge is 0.254 e. The normalized spacial score (nSPS) is 11.4. The molecule has 8 heteroatoms. The van der Waals surface area contributed by atoms with E-state index in [4.69, 9.17) is 11.6 Å². The van der Waals surface area contributed by atoms with E-state index in [0.717, 1.165) is 12.2 Å². The third kappa shape index (κ3) is 4.25. The lowest BCUT2D eigenvalue weighted by atomic mass is 10.1. The van der Waals surface area contributed by atoms with Gasteiger partial charge in [-0.3, -0.25) is 4.79 Å². The van der Waals surface area contributed by atoms with Gasteiger partial charge in [0.1, 0.15) is 5.82 Å². The molecule has 0 bridgehead atoms. The fraction of sp³-hybridized carbons (Fsp3) is 0.350. The highest BCUT2D eigenvalue weighted by Crippen LogP contribution is 2.27. The van der Waals surface area contributed by atoms with Crippen LogP contribution in [0.1, 0.15) is 38.1 Å². The van der Waals surface area contributed by atoms with Crippen molar-refractivity contribution in [1.82, 2.24) is 19.9 Å². The Morgan fingerprint density at radius 2 is 2.00 bits per heavy atom. The molecule has 148 valence electrons. The molecule has 0 saturated heterocycles. The molecule has 1 aromatic carbocycles. The summed E-state index contributed by atoms with van der Waals surface area (Å²) in [6.07, 6.45) is 1.61. The Bertz CT molecular complexity index is 1020. The van der Waals surface area contributed by atoms with E-state index < -0.39 is 11.7 Å². The number of benzene rings is 1. The molecule has 28 heavy (non-hydrogen) atoms. The van der Waals surface area contributed by atoms with Crippen molar-refractivity contribution in [1.29, 1.82) is 0 Å². The lowest BCUT2D eigenvalue weighted by Gasteiger charge is -2.11. The highest BCUT2D eigenvalue weighted by molar-refractivity contribution is 6.29. The molecule has 6 nitrogen and oxygen atoms in total. The Labute approximate surface area is 168 Å². The van der Waals surface area contributed by atoms with E-state index in [1.54, 1.807) is 22.8 Å². The zero-order chi connectivity index (χ0) is 20.4. The second-order valence-electron chi connectivity index (χ2n) is 7.36. The number of aromatic nitrogens is 3. The first-order valence-electron chi connectivity index (χ1n) is 9.15. The standard InChI is InChI=1S/C20H23ClFN5O/c1-11(2)9-23-16-8-18(21)26-27-17(10-24-19(16)27)13-5-6-14(15(22)7-13)20(28)25-12(3)4/h5-8,10-12,23H,9H2,1-4H3,(H,25,28). The molecule has 2 N–H and O–H groups in total. The summed E-state index contributed by atoms with van der Waals surface area (Å²) in [5.41, 5.74) is 2.49. The maximum atomic E-state index is 14.6. The van der Waals surface area contributed by atoms with Gasteiger partial charge in [-0.1, -0.05) is 31.5 Å². The van der Waals surface area contributed by atoms with Crippen molar-refractivity contribution in [3.8, 4) is 11.3 Å². The summed E-state index contributed by atoms with van der Waals surface area (Å²) in [6, 6.07) is 6.09. The van der Waals surface area contributed by atoms with Crippen LogP contribution in [0.5, 0.6) is 0 Å². The topological polar surface area (TPSA) is 71.3 Å². The Morgan fingerprint density at radius 1 is 1.25 bits per heavy atom. The predicted molar refractivity (Wildman–Crippen MR) is 109 cm³/mol. The maximum Gasteiger partial charge on any atom is 0.254 e. The fourth-order valence-corrected chi connectivity index (χ4v) is 2.96. The number of amides is 1. The summed E-state index contributed by atoms with van der Waals surface area (Å²) in [4.78, 5) is 16.5. The Kier molecular flexibility index (Phi) is 5.84. The Hall–Kier alpha value is -2.67. The molecular weight excluding hydrogens is 381 g/mol. The highest BCUT2D eigenvalue weighted by atomic mass is 35.5. The van der Waals surface area contributed by atoms with Crippen LogP contribution in [-0.2, 0) is 0 Å². The van der Waals surface area contributed by atoms with E-state index in [2.05, 4.69) is 34.6 Å². The summed E-state index contributed by atoms with van der Waals surface area (Å²) >= 11 is 6.18. The van der Waals surface area contributed by atoms with Gasteiger partial charge in [0, 0.05) is 24.2 Å². The largest absolute Gasteiger partial charge is 0.382 e. The van der Waals surface area contributed by atoms with Crippen LogP contribution in [-0.4, -0.2) is 33.1 Å². The van der Waals surface area contributed by atoms with Crippen LogP contribution in [0.25, 0.3) is 16.9 Å². The SMILES string of the molecule is CC(C)CNc1cc(Cl)nn2c(-c3ccc(C(=O)NC(C)C)c(F)c3)cnc12. The van der Waals surface area contributed by atoms with Gasteiger partial charge in [-0.05, 0) is 31.9 Å². The predicted octanol–water partition coefficient (Wildman–Crippen LogP) is 4.39. The number of carbonyl (C=O) groups excluding carboxylic acids is 1. The second kappa shape index (κ2) is 8.14. The van der Waals surface area contributed by atoms with Crippen molar-refractivity contribution >= 4 is 28.8 Å². The lowest BCUT2D eigenvalue weighted by Crippen LogP contribution is -2.30. The minimum absolute atomic E-state index is 0.00319. The van der Waals surface area contributed by atoms with Crippen molar-refractivity contribution in [3.63, 3.8) is 0 Å². The summed E-state index contributed by atoms with van der Waals surface area (Å²) in [6.45, 7) is 8.60. The number of rotatable bonds is 6. The first-order chi connectivity index (χ1) is 13.3. The molecule has 3 rings (SSSR count). The van der Waals surface area contributed by atoms with Gasteiger partial charge < -0.3 is 10.6 Å². The van der Waals surface area contributed by atoms with Crippen molar-refractivity contribution in [2.24, 2.45) is 5.92 Å². The van der Waals surface area contributed by atoms with Crippen LogP contribution >= 0.6 is 11.6 Å². The minimum atomic E-state index is -0.606. The number of carbonyl (C=O) groups is 1. The summed E-state index contributed by atoms with van der Waals surface area (Å²) in [7, 11) is 0. The van der Waals surface area contributed by atoms with Gasteiger partial charge >= 0.3 is 0 Å². The molecule has 0 aliphatic carbocycles. The number of nitrogens with one attached hydrogen (secondary N) is 2. The molecule has 0 aliphatic heterocycles. The van der Waals surface area contributed by atoms with Gasteiger partial charge in [0.05, 0.1) is 23.1 Å². The number of halogens is 2. The molecule has 3 aromatic rings. The second-order valence-corrected chi connectivity index (χ2v) is 7.74. The van der Waals surface area contributed by atoms with Gasteiger partial charge in [0.2, 0.25) is 0 Å². The van der Waals surface area contributed by atoms with E-state index in [0.29, 0.717) is 28.0 Å². The quantitative estimate of drug-likeness (QED) is 0.640. The number of fused-ring (bicyclic) bond motifs is 1. The number of nitrogens with zero attached hydrogens (tertiary/aromatic N) is 3. The third-order valence-corrected chi connectivity index (χ3v) is 4.25. The average Bonchev–Trinajstić information content (AvgIpc) is 3.02. The van der Waals surface area contributed by atoms with E-state index in [-0.39, 0.29) is 11.6 Å². The highest BCUT2D eigenvalue weighted by Gasteiger charge is 2.17. The molecule has 0 atom stereocenters. The van der Waals surface area contributed by atoms with E-state index >= 15 is 0 Å². The number of hydrogen-bond donors (Lipinski definition) is 2. The van der Waals surface area contributed by atoms with Crippen LogP contribution < -0.4 is 10.6 Å². The summed E-state index contributed by atoms with van der Waals surface area (Å²) in [5.74, 6) is -0.607. The molecule has 2 heterocycles. The molecule has 0 saturated carbocycles. The van der Waals surface area contributed by atoms with Gasteiger partial charge in [-0.2, -0.15) is 5.10 Å². The van der Waals surface area contributed by atoms with Crippen LogP contribution in [0.15, 0.2) is 30.5 Å². The van der Waals surface area contributed by atoms with Gasteiger partial charge in [0.15, 0.2) is 10.8 Å². The molecule has 1 amide bonds. The van der Waals surface area contributed by atoms with Crippen LogP contribution in [0.4, 0.5) is 10.1 Å². The monoisotopic (exact) mass is 403 g/mol. The lowest BCUT2D eigenvalue weighted by molar-refractivity contribution is 0.0939. The van der Waals surface area contributed by atoms with Crippen LogP contribution in [0, 0.1) is 11.7 Å². The number of anilines is 1. The summed E-state index contributed by atoms with van der Waals surface area (Å²) in [5, 5.41) is 10.6. The van der Waals surface area contributed by atoms with Crippen LogP contribution in [0.2, 0.25) is 5.15 Å². The minimum Gasteiger partial charge on any atom is -0.382 e. The van der Waals surface area contributed by atoms with E-state index in [1.807, 2.05) is 13.8 Å². The maximum absolute atomic E-state index is 14.6. The third-order valence-electron chi connectivity index (χ3n) is 4.07. The molecule has 0 unspecified atom stereocenters. The van der Waals surface area contributed by atoms with E-state index in [1.165, 1.54) is 12.1 Å². The first-order valence-corrected chi connectivity index (χ1v) is 9.53. The van der Waals surface area contributed by atoms with Crippen LogP contribution in [0.3, 0.4) is 0 Å². The Balaban J connectivity index is 2.00. The van der Waals surface area contributed by atoms with Gasteiger partial charge in [-0.25, -0.2) is 13.9 Å². The summed E-state index contributed by atoms with van der Waals surface area (Å²) < 4.78 is 16.1. The zero-order valence-corrected chi connectivity index (χ0v) is 17.0. The van der Waals surface area contributed by atoms with Gasteiger partial charge in [0.25, 0.3) is 5.91 Å². The molecular formula is C20H23ClFN5O.